The van der Waals surface area contributed by atoms with Gasteiger partial charge in [0.1, 0.15) is 11.8 Å². The fourth-order valence-electron chi connectivity index (χ4n) is 3.83. The normalized spacial score (nSPS) is 19.2. The highest BCUT2D eigenvalue weighted by Crippen LogP contribution is 2.30. The van der Waals surface area contributed by atoms with Crippen LogP contribution in [-0.2, 0) is 14.4 Å². The topological polar surface area (TPSA) is 134 Å². The molecule has 33 heavy (non-hydrogen) atoms. The summed E-state index contributed by atoms with van der Waals surface area (Å²) >= 11 is 0. The van der Waals surface area contributed by atoms with E-state index in [0.717, 1.165) is 22.4 Å². The van der Waals surface area contributed by atoms with Crippen LogP contribution in [0.5, 0.6) is 0 Å². The number of aliphatic hydroxyl groups excluding tert-OH is 2. The summed E-state index contributed by atoms with van der Waals surface area (Å²) in [6.45, 7) is 3.31. The van der Waals surface area contributed by atoms with E-state index in [0.29, 0.717) is 18.0 Å². The lowest BCUT2D eigenvalue weighted by Crippen LogP contribution is -2.37. The number of amides is 2. The van der Waals surface area contributed by atoms with Crippen LogP contribution in [0, 0.1) is 6.92 Å². The van der Waals surface area contributed by atoms with Crippen molar-refractivity contribution in [2.24, 2.45) is 5.16 Å². The first-order valence-corrected chi connectivity index (χ1v) is 10.6. The maximum atomic E-state index is 12.3. The van der Waals surface area contributed by atoms with Crippen LogP contribution in [0.3, 0.4) is 0 Å². The van der Waals surface area contributed by atoms with E-state index in [1.54, 1.807) is 11.1 Å². The van der Waals surface area contributed by atoms with Crippen molar-refractivity contribution in [3.63, 3.8) is 0 Å². The quantitative estimate of drug-likeness (QED) is 0.575. The summed E-state index contributed by atoms with van der Waals surface area (Å²) in [5.41, 5.74) is 3.55. The second-order valence-electron chi connectivity index (χ2n) is 8.29. The third kappa shape index (κ3) is 4.67. The van der Waals surface area contributed by atoms with Gasteiger partial charge in [-0.25, -0.2) is 4.79 Å². The molecule has 1 atom stereocenters. The van der Waals surface area contributed by atoms with Crippen LogP contribution in [0.15, 0.2) is 41.7 Å². The van der Waals surface area contributed by atoms with E-state index in [4.69, 9.17) is 9.57 Å². The molecule has 0 saturated carbocycles. The van der Waals surface area contributed by atoms with Gasteiger partial charge < -0.3 is 25.1 Å². The lowest BCUT2D eigenvalue weighted by Gasteiger charge is -2.20. The minimum atomic E-state index is -1.10. The third-order valence-electron chi connectivity index (χ3n) is 5.75. The molecule has 0 spiro atoms. The van der Waals surface area contributed by atoms with Gasteiger partial charge in [0.2, 0.25) is 5.91 Å². The minimum Gasteiger partial charge on any atom is -0.442 e. The van der Waals surface area contributed by atoms with Gasteiger partial charge in [0.15, 0.2) is 5.60 Å². The van der Waals surface area contributed by atoms with Gasteiger partial charge in [-0.2, -0.15) is 0 Å². The first kappa shape index (κ1) is 22.7. The van der Waals surface area contributed by atoms with Crippen molar-refractivity contribution in [3.05, 3.63) is 47.8 Å². The lowest BCUT2D eigenvalue weighted by molar-refractivity contribution is -0.119. The Bertz CT molecular complexity index is 1080. The zero-order valence-corrected chi connectivity index (χ0v) is 18.4. The molecule has 3 N–H and O–H groups in total. The van der Waals surface area contributed by atoms with E-state index < -0.39 is 17.8 Å². The predicted octanol–water partition coefficient (Wildman–Crippen LogP) is 1.37. The molecule has 1 fully saturated rings. The molecule has 3 heterocycles. The Morgan fingerprint density at radius 1 is 1.24 bits per heavy atom. The van der Waals surface area contributed by atoms with Gasteiger partial charge in [0.05, 0.1) is 37.7 Å². The Kier molecular flexibility index (Phi) is 6.30. The summed E-state index contributed by atoms with van der Waals surface area (Å²) in [7, 11) is 0. The molecule has 1 aromatic carbocycles. The van der Waals surface area contributed by atoms with Crippen LogP contribution in [0.4, 0.5) is 10.5 Å². The number of cyclic esters (lactones) is 1. The van der Waals surface area contributed by atoms with E-state index in [1.165, 1.54) is 6.92 Å². The van der Waals surface area contributed by atoms with E-state index >= 15 is 0 Å². The van der Waals surface area contributed by atoms with Gasteiger partial charge in [-0.1, -0.05) is 17.3 Å². The number of aliphatic hydroxyl groups is 2. The molecule has 10 nitrogen and oxygen atoms in total. The molecule has 2 aliphatic heterocycles. The number of benzene rings is 1. The number of anilines is 1. The second kappa shape index (κ2) is 9.16. The number of carbonyl (C=O) groups excluding carboxylic acids is 2. The van der Waals surface area contributed by atoms with Gasteiger partial charge >= 0.3 is 6.09 Å². The van der Waals surface area contributed by atoms with Crippen molar-refractivity contribution in [3.8, 4) is 11.1 Å². The number of hydrogen-bond donors (Lipinski definition) is 3. The van der Waals surface area contributed by atoms with E-state index in [2.05, 4.69) is 15.5 Å². The molecule has 2 aliphatic rings. The average molecular weight is 454 g/mol. The summed E-state index contributed by atoms with van der Waals surface area (Å²) in [6, 6.07) is 9.47. The zero-order valence-electron chi connectivity index (χ0n) is 18.4. The van der Waals surface area contributed by atoms with Crippen molar-refractivity contribution in [1.82, 2.24) is 10.3 Å². The van der Waals surface area contributed by atoms with Crippen LogP contribution in [0.25, 0.3) is 11.1 Å². The summed E-state index contributed by atoms with van der Waals surface area (Å²) in [6.07, 6.45) is 1.16. The first-order chi connectivity index (χ1) is 15.8. The van der Waals surface area contributed by atoms with Gasteiger partial charge in [-0.05, 0) is 36.2 Å². The van der Waals surface area contributed by atoms with Crippen LogP contribution >= 0.6 is 0 Å². The van der Waals surface area contributed by atoms with Gasteiger partial charge in [0.25, 0.3) is 0 Å². The molecule has 0 aliphatic carbocycles. The maximum absolute atomic E-state index is 12.3. The molecule has 2 amide bonds. The molecule has 0 bridgehead atoms. The number of ether oxygens (including phenoxy) is 1. The second-order valence-corrected chi connectivity index (χ2v) is 8.29. The Hall–Kier alpha value is -3.50. The molecule has 1 saturated heterocycles. The Morgan fingerprint density at radius 3 is 2.61 bits per heavy atom. The van der Waals surface area contributed by atoms with E-state index in [1.807, 2.05) is 37.3 Å². The number of aromatic nitrogens is 1. The Balaban J connectivity index is 1.46. The highest BCUT2D eigenvalue weighted by atomic mass is 16.7. The fourth-order valence-corrected chi connectivity index (χ4v) is 3.83. The van der Waals surface area contributed by atoms with Crippen molar-refractivity contribution < 1.29 is 29.4 Å². The number of rotatable bonds is 7. The fraction of sp³-hybridized carbons (Fsp3) is 0.391. The van der Waals surface area contributed by atoms with Gasteiger partial charge in [-0.3, -0.25) is 14.7 Å². The van der Waals surface area contributed by atoms with Crippen LogP contribution in [0.2, 0.25) is 0 Å². The predicted molar refractivity (Wildman–Crippen MR) is 120 cm³/mol. The molecule has 1 unspecified atom stereocenters. The Morgan fingerprint density at radius 2 is 2.00 bits per heavy atom. The molecule has 2 aromatic rings. The first-order valence-electron chi connectivity index (χ1n) is 10.6. The maximum Gasteiger partial charge on any atom is 0.414 e. The number of nitrogens with zero attached hydrogens (tertiary/aromatic N) is 3. The highest BCUT2D eigenvalue weighted by molar-refractivity contribution is 6.00. The molecular formula is C23H26N4O6. The third-order valence-corrected chi connectivity index (χ3v) is 5.75. The Labute approximate surface area is 190 Å². The summed E-state index contributed by atoms with van der Waals surface area (Å²) < 4.78 is 5.35. The van der Waals surface area contributed by atoms with Crippen molar-refractivity contribution in [1.29, 1.82) is 0 Å². The lowest BCUT2D eigenvalue weighted by atomic mass is 9.97. The van der Waals surface area contributed by atoms with Crippen molar-refractivity contribution >= 4 is 23.4 Å². The monoisotopic (exact) mass is 454 g/mol. The number of hydrogen-bond acceptors (Lipinski definition) is 8. The standard InChI is InChI=1S/C23H26N4O6/c1-14-7-16(4-6-21(14)27-11-18(32-22(27)31)10-24-15(2)30)17-3-5-19(25-9-17)20-8-23(12-28,13-29)33-26-20/h3-7,9,18,28-29H,8,10-13H2,1-2H3,(H,24,30). The summed E-state index contributed by atoms with van der Waals surface area (Å²) in [4.78, 5) is 34.7. The van der Waals surface area contributed by atoms with Gasteiger partial charge in [0, 0.05) is 25.1 Å². The summed E-state index contributed by atoms with van der Waals surface area (Å²) in [5.74, 6) is -0.168. The van der Waals surface area contributed by atoms with Crippen LogP contribution in [0.1, 0.15) is 24.6 Å². The molecule has 174 valence electrons. The number of oxime groups is 1. The molecule has 4 rings (SSSR count). The molecular weight excluding hydrogens is 428 g/mol. The SMILES string of the molecule is CC(=O)NCC1CN(c2ccc(-c3ccc(C4=NOC(CO)(CO)C4)nc3)cc2C)C(=O)O1. The molecule has 0 radical (unpaired) electrons. The van der Waals surface area contributed by atoms with Crippen LogP contribution in [-0.4, -0.2) is 70.9 Å². The van der Waals surface area contributed by atoms with E-state index in [-0.39, 0.29) is 32.1 Å². The largest absolute Gasteiger partial charge is 0.442 e. The van der Waals surface area contributed by atoms with Crippen molar-refractivity contribution in [2.45, 2.75) is 32.0 Å². The molecule has 1 aromatic heterocycles. The highest BCUT2D eigenvalue weighted by Gasteiger charge is 2.39. The number of pyridine rings is 1. The number of nitrogens with one attached hydrogen (secondary N) is 1. The van der Waals surface area contributed by atoms with Gasteiger partial charge in [-0.15, -0.1) is 0 Å². The number of carbonyl (C=O) groups is 2. The molecule has 10 heteroatoms. The van der Waals surface area contributed by atoms with Crippen molar-refractivity contribution in [2.75, 3.05) is 31.2 Å². The van der Waals surface area contributed by atoms with Crippen LogP contribution < -0.4 is 10.2 Å². The number of aryl methyl sites for hydroxylation is 1. The zero-order chi connectivity index (χ0) is 23.6. The summed E-state index contributed by atoms with van der Waals surface area (Å²) in [5, 5.41) is 25.5. The average Bonchev–Trinajstić information content (AvgIpc) is 3.42. The van der Waals surface area contributed by atoms with E-state index in [9.17, 15) is 19.8 Å². The smallest absolute Gasteiger partial charge is 0.414 e. The minimum absolute atomic E-state index is 0.168.